The maximum Gasteiger partial charge on any atom is 0.310 e. The van der Waals surface area contributed by atoms with Crippen LogP contribution in [-0.4, -0.2) is 16.1 Å². The predicted octanol–water partition coefficient (Wildman–Crippen LogP) is 3.98. The quantitative estimate of drug-likeness (QED) is 0.656. The van der Waals surface area contributed by atoms with Crippen LogP contribution < -0.4 is 0 Å². The fraction of sp³-hybridized carbons (Fsp3) is 0.167. The highest BCUT2D eigenvalue weighted by atomic mass is 35.5. The molecule has 0 saturated heterocycles. The molecule has 0 fully saturated rings. The Bertz CT molecular complexity index is 843. The van der Waals surface area contributed by atoms with E-state index in [1.54, 1.807) is 12.1 Å². The van der Waals surface area contributed by atoms with Crippen molar-refractivity contribution in [2.75, 3.05) is 0 Å². The van der Waals surface area contributed by atoms with E-state index in [9.17, 15) is 4.79 Å². The molecule has 0 aliphatic carbocycles. The molecule has 0 spiro atoms. The number of halogens is 1. The third kappa shape index (κ3) is 4.00. The van der Waals surface area contributed by atoms with Gasteiger partial charge in [-0.2, -0.15) is 4.98 Å². The Kier molecular flexibility index (Phi) is 4.91. The first-order valence-corrected chi connectivity index (χ1v) is 7.78. The first-order chi connectivity index (χ1) is 11.6. The molecule has 122 valence electrons. The summed E-state index contributed by atoms with van der Waals surface area (Å²) in [5.41, 5.74) is 2.69. The van der Waals surface area contributed by atoms with E-state index < -0.39 is 5.97 Å². The Balaban J connectivity index is 1.58. The fourth-order valence-corrected chi connectivity index (χ4v) is 2.32. The summed E-state index contributed by atoms with van der Waals surface area (Å²) < 4.78 is 10.4. The van der Waals surface area contributed by atoms with Crippen molar-refractivity contribution in [1.82, 2.24) is 10.1 Å². The molecular weight excluding hydrogens is 328 g/mol. The van der Waals surface area contributed by atoms with Gasteiger partial charge >= 0.3 is 5.97 Å². The van der Waals surface area contributed by atoms with Gasteiger partial charge in [-0.15, -0.1) is 0 Å². The maximum atomic E-state index is 11.9. The Morgan fingerprint density at radius 2 is 1.92 bits per heavy atom. The zero-order chi connectivity index (χ0) is 16.9. The Morgan fingerprint density at radius 1 is 1.17 bits per heavy atom. The van der Waals surface area contributed by atoms with Gasteiger partial charge in [-0.05, 0) is 30.7 Å². The summed E-state index contributed by atoms with van der Waals surface area (Å²) in [6.45, 7) is 1.96. The molecule has 0 bridgehead atoms. The van der Waals surface area contributed by atoms with Crippen LogP contribution in [0.3, 0.4) is 0 Å². The molecule has 0 radical (unpaired) electrons. The van der Waals surface area contributed by atoms with Crippen LogP contribution in [0.1, 0.15) is 17.0 Å². The first kappa shape index (κ1) is 16.2. The molecule has 0 amide bonds. The van der Waals surface area contributed by atoms with E-state index in [0.29, 0.717) is 16.7 Å². The van der Waals surface area contributed by atoms with Crippen LogP contribution in [0.2, 0.25) is 5.02 Å². The van der Waals surface area contributed by atoms with Gasteiger partial charge in [-0.3, -0.25) is 4.79 Å². The van der Waals surface area contributed by atoms with Gasteiger partial charge < -0.3 is 9.26 Å². The van der Waals surface area contributed by atoms with Gasteiger partial charge in [0, 0.05) is 10.6 Å². The second-order valence-electron chi connectivity index (χ2n) is 5.31. The monoisotopic (exact) mass is 342 g/mol. The average molecular weight is 343 g/mol. The lowest BCUT2D eigenvalue weighted by molar-refractivity contribution is -0.144. The minimum Gasteiger partial charge on any atom is -0.457 e. The molecule has 6 heteroatoms. The van der Waals surface area contributed by atoms with Crippen molar-refractivity contribution in [2.24, 2.45) is 0 Å². The predicted molar refractivity (Wildman–Crippen MR) is 89.4 cm³/mol. The van der Waals surface area contributed by atoms with Crippen LogP contribution in [0, 0.1) is 6.92 Å². The van der Waals surface area contributed by atoms with Crippen molar-refractivity contribution in [3.05, 3.63) is 70.5 Å². The Hall–Kier alpha value is -2.66. The zero-order valence-electron chi connectivity index (χ0n) is 13.0. The summed E-state index contributed by atoms with van der Waals surface area (Å²) >= 11 is 6.02. The van der Waals surface area contributed by atoms with Crippen molar-refractivity contribution in [3.63, 3.8) is 0 Å². The molecule has 0 aliphatic heterocycles. The Labute approximate surface area is 144 Å². The van der Waals surface area contributed by atoms with E-state index in [4.69, 9.17) is 20.9 Å². The smallest absolute Gasteiger partial charge is 0.310 e. The van der Waals surface area contributed by atoms with Crippen LogP contribution in [-0.2, 0) is 22.6 Å². The minimum atomic E-state index is -0.398. The lowest BCUT2D eigenvalue weighted by Crippen LogP contribution is -2.09. The van der Waals surface area contributed by atoms with Crippen LogP contribution in [0.4, 0.5) is 0 Å². The van der Waals surface area contributed by atoms with Crippen molar-refractivity contribution in [1.29, 1.82) is 0 Å². The third-order valence-corrected chi connectivity index (χ3v) is 3.79. The van der Waals surface area contributed by atoms with Gasteiger partial charge in [0.2, 0.25) is 5.82 Å². The summed E-state index contributed by atoms with van der Waals surface area (Å²) in [5, 5.41) is 4.36. The number of carbonyl (C=O) groups is 1. The molecule has 2 aromatic carbocycles. The number of rotatable bonds is 5. The minimum absolute atomic E-state index is 0.0430. The number of ether oxygens (including phenoxy) is 1. The first-order valence-electron chi connectivity index (χ1n) is 7.40. The van der Waals surface area contributed by atoms with E-state index in [2.05, 4.69) is 10.1 Å². The van der Waals surface area contributed by atoms with Gasteiger partial charge in [-0.25, -0.2) is 0 Å². The van der Waals surface area contributed by atoms with E-state index >= 15 is 0 Å². The molecule has 0 aliphatic rings. The van der Waals surface area contributed by atoms with Gasteiger partial charge in [0.05, 0.1) is 6.42 Å². The van der Waals surface area contributed by atoms with Crippen molar-refractivity contribution in [2.45, 2.75) is 20.0 Å². The van der Waals surface area contributed by atoms with Gasteiger partial charge in [0.25, 0.3) is 5.89 Å². The van der Waals surface area contributed by atoms with Crippen LogP contribution in [0.25, 0.3) is 11.5 Å². The Morgan fingerprint density at radius 3 is 2.67 bits per heavy atom. The lowest BCUT2D eigenvalue weighted by atomic mass is 10.1. The van der Waals surface area contributed by atoms with E-state index in [1.165, 1.54) is 0 Å². The number of benzene rings is 2. The molecule has 0 atom stereocenters. The molecule has 1 aromatic heterocycles. The fourth-order valence-electron chi connectivity index (χ4n) is 2.12. The highest BCUT2D eigenvalue weighted by molar-refractivity contribution is 6.31. The zero-order valence-corrected chi connectivity index (χ0v) is 13.8. The molecular formula is C18H15ClN2O3. The van der Waals surface area contributed by atoms with Gasteiger partial charge in [-0.1, -0.05) is 52.7 Å². The second kappa shape index (κ2) is 7.27. The summed E-state index contributed by atoms with van der Waals surface area (Å²) in [6, 6.07) is 14.9. The maximum absolute atomic E-state index is 11.9. The summed E-state index contributed by atoms with van der Waals surface area (Å²) in [7, 11) is 0. The number of carbonyl (C=O) groups excluding carboxylic acids is 1. The number of esters is 1. The van der Waals surface area contributed by atoms with E-state index in [0.717, 1.165) is 16.7 Å². The largest absolute Gasteiger partial charge is 0.457 e. The molecule has 0 saturated carbocycles. The normalized spacial score (nSPS) is 10.6. The molecule has 0 unspecified atom stereocenters. The number of nitrogens with zero attached hydrogens (tertiary/aromatic N) is 2. The third-order valence-electron chi connectivity index (χ3n) is 3.42. The topological polar surface area (TPSA) is 65.2 Å². The summed E-state index contributed by atoms with van der Waals surface area (Å²) in [4.78, 5) is 16.1. The number of aromatic nitrogens is 2. The molecule has 0 N–H and O–H groups in total. The standard InChI is InChI=1S/C18H15ClN2O3/c1-12-6-8-13(9-7-12)18-20-16(21-24-18)11-23-17(22)10-14-4-2-3-5-15(14)19/h2-9H,10-11H2,1H3. The van der Waals surface area contributed by atoms with E-state index in [-0.39, 0.29) is 13.0 Å². The molecule has 5 nitrogen and oxygen atoms in total. The number of aryl methyl sites for hydroxylation is 1. The van der Waals surface area contributed by atoms with Crippen molar-refractivity contribution in [3.8, 4) is 11.5 Å². The molecule has 3 aromatic rings. The van der Waals surface area contributed by atoms with Gasteiger partial charge in [0.15, 0.2) is 6.61 Å². The number of hydrogen-bond donors (Lipinski definition) is 0. The highest BCUT2D eigenvalue weighted by Crippen LogP contribution is 2.18. The SMILES string of the molecule is Cc1ccc(-c2nc(COC(=O)Cc3ccccc3Cl)no2)cc1. The highest BCUT2D eigenvalue weighted by Gasteiger charge is 2.12. The number of hydrogen-bond acceptors (Lipinski definition) is 5. The van der Waals surface area contributed by atoms with Crippen molar-refractivity contribution < 1.29 is 14.1 Å². The van der Waals surface area contributed by atoms with Gasteiger partial charge in [0.1, 0.15) is 0 Å². The summed E-state index contributed by atoms with van der Waals surface area (Å²) in [5.74, 6) is 0.315. The molecule has 24 heavy (non-hydrogen) atoms. The summed E-state index contributed by atoms with van der Waals surface area (Å²) in [6.07, 6.45) is 0.0995. The lowest BCUT2D eigenvalue weighted by Gasteiger charge is -2.03. The average Bonchev–Trinajstić information content (AvgIpc) is 3.05. The van der Waals surface area contributed by atoms with E-state index in [1.807, 2.05) is 43.3 Å². The van der Waals surface area contributed by atoms with Crippen LogP contribution >= 0.6 is 11.6 Å². The van der Waals surface area contributed by atoms with Crippen LogP contribution in [0.15, 0.2) is 53.1 Å². The van der Waals surface area contributed by atoms with Crippen molar-refractivity contribution >= 4 is 17.6 Å². The second-order valence-corrected chi connectivity index (χ2v) is 5.72. The molecule has 1 heterocycles. The van der Waals surface area contributed by atoms with Crippen LogP contribution in [0.5, 0.6) is 0 Å². The molecule has 3 rings (SSSR count).